The van der Waals surface area contributed by atoms with E-state index in [1.165, 1.54) is 12.1 Å². The number of halogens is 1. The van der Waals surface area contributed by atoms with Gasteiger partial charge in [0.05, 0.1) is 6.04 Å². The minimum atomic E-state index is -0.443. The van der Waals surface area contributed by atoms with Crippen molar-refractivity contribution in [3.63, 3.8) is 0 Å². The lowest BCUT2D eigenvalue weighted by molar-refractivity contribution is -0.133. The van der Waals surface area contributed by atoms with E-state index >= 15 is 0 Å². The van der Waals surface area contributed by atoms with Crippen molar-refractivity contribution in [2.24, 2.45) is 5.41 Å². The third kappa shape index (κ3) is 4.18. The molecule has 1 aromatic rings. The molecule has 0 saturated carbocycles. The van der Waals surface area contributed by atoms with Crippen molar-refractivity contribution in [3.05, 3.63) is 23.8 Å². The summed E-state index contributed by atoms with van der Waals surface area (Å²) in [6.07, 6.45) is 0.762. The molecule has 5 heteroatoms. The van der Waals surface area contributed by atoms with Gasteiger partial charge in [-0.2, -0.15) is 0 Å². The van der Waals surface area contributed by atoms with Crippen molar-refractivity contribution in [1.29, 1.82) is 0 Å². The first-order chi connectivity index (χ1) is 10.7. The van der Waals surface area contributed by atoms with Crippen molar-refractivity contribution in [2.75, 3.05) is 13.1 Å². The maximum Gasteiger partial charge on any atom is 0.161 e. The van der Waals surface area contributed by atoms with Crippen LogP contribution in [-0.4, -0.2) is 37.9 Å². The summed E-state index contributed by atoms with van der Waals surface area (Å²) in [7, 11) is 0. The lowest BCUT2D eigenvalue weighted by atomic mass is 9.75. The SMILES string of the molecule is CCN(CC)C(C(=O)C(C)(CC)C(C)I)c1ccc(O)c(O)c1. The van der Waals surface area contributed by atoms with E-state index in [4.69, 9.17) is 0 Å². The molecule has 0 fully saturated rings. The summed E-state index contributed by atoms with van der Waals surface area (Å²) in [6.45, 7) is 11.7. The maximum atomic E-state index is 13.4. The predicted molar refractivity (Wildman–Crippen MR) is 102 cm³/mol. The minimum Gasteiger partial charge on any atom is -0.504 e. The second-order valence-corrected chi connectivity index (χ2v) is 7.99. The fraction of sp³-hybridized carbons (Fsp3) is 0.611. The molecule has 0 aromatic heterocycles. The van der Waals surface area contributed by atoms with Gasteiger partial charge in [0.15, 0.2) is 17.3 Å². The third-order valence-corrected chi connectivity index (χ3v) is 6.29. The zero-order chi connectivity index (χ0) is 17.8. The van der Waals surface area contributed by atoms with Gasteiger partial charge >= 0.3 is 0 Å². The first-order valence-electron chi connectivity index (χ1n) is 8.17. The molecule has 130 valence electrons. The molecule has 0 aliphatic carbocycles. The summed E-state index contributed by atoms with van der Waals surface area (Å²) >= 11 is 2.32. The van der Waals surface area contributed by atoms with E-state index in [0.717, 1.165) is 25.1 Å². The van der Waals surface area contributed by atoms with Crippen LogP contribution in [0.3, 0.4) is 0 Å². The molecule has 4 nitrogen and oxygen atoms in total. The van der Waals surface area contributed by atoms with Crippen molar-refractivity contribution in [1.82, 2.24) is 4.90 Å². The van der Waals surface area contributed by atoms with Gasteiger partial charge in [0, 0.05) is 9.34 Å². The highest BCUT2D eigenvalue weighted by Gasteiger charge is 2.42. The third-order valence-electron chi connectivity index (χ3n) is 4.92. The molecule has 0 bridgehead atoms. The van der Waals surface area contributed by atoms with Crippen LogP contribution in [0.1, 0.15) is 52.6 Å². The number of nitrogens with zero attached hydrogens (tertiary/aromatic N) is 1. The van der Waals surface area contributed by atoms with Gasteiger partial charge in [-0.1, -0.05) is 63.3 Å². The van der Waals surface area contributed by atoms with Crippen LogP contribution in [0.2, 0.25) is 0 Å². The molecule has 0 aliphatic heterocycles. The van der Waals surface area contributed by atoms with Gasteiger partial charge in [-0.05, 0) is 37.2 Å². The molecule has 0 saturated heterocycles. The van der Waals surface area contributed by atoms with Crippen LogP contribution in [0.25, 0.3) is 0 Å². The summed E-state index contributed by atoms with van der Waals surface area (Å²) in [4.78, 5) is 15.5. The fourth-order valence-electron chi connectivity index (χ4n) is 2.79. The number of phenolic OH excluding ortho intramolecular Hbond substituents is 2. The average molecular weight is 433 g/mol. The van der Waals surface area contributed by atoms with Gasteiger partial charge in [0.25, 0.3) is 0 Å². The van der Waals surface area contributed by atoms with Gasteiger partial charge in [-0.15, -0.1) is 0 Å². The molecule has 3 atom stereocenters. The Kier molecular flexibility index (Phi) is 7.32. The second-order valence-electron chi connectivity index (χ2n) is 6.12. The first-order valence-corrected chi connectivity index (χ1v) is 9.41. The van der Waals surface area contributed by atoms with Crippen molar-refractivity contribution < 1.29 is 15.0 Å². The molecule has 0 aliphatic rings. The monoisotopic (exact) mass is 433 g/mol. The number of alkyl halides is 1. The largest absolute Gasteiger partial charge is 0.504 e. The predicted octanol–water partition coefficient (Wildman–Crippen LogP) is 4.29. The first kappa shape index (κ1) is 20.2. The molecule has 1 rings (SSSR count). The molecule has 0 spiro atoms. The molecule has 23 heavy (non-hydrogen) atoms. The van der Waals surface area contributed by atoms with Crippen LogP contribution in [0.5, 0.6) is 11.5 Å². The van der Waals surface area contributed by atoms with Gasteiger partial charge in [0.2, 0.25) is 0 Å². The number of likely N-dealkylation sites (N-methyl/N-ethyl adjacent to an activating group) is 1. The highest BCUT2D eigenvalue weighted by Crippen LogP contribution is 2.40. The normalized spacial score (nSPS) is 16.8. The summed E-state index contributed by atoms with van der Waals surface area (Å²) in [5.74, 6) is -0.191. The van der Waals surface area contributed by atoms with E-state index < -0.39 is 11.5 Å². The van der Waals surface area contributed by atoms with Crippen LogP contribution in [0.4, 0.5) is 0 Å². The van der Waals surface area contributed by atoms with Crippen LogP contribution in [0.15, 0.2) is 18.2 Å². The van der Waals surface area contributed by atoms with Gasteiger partial charge < -0.3 is 10.2 Å². The topological polar surface area (TPSA) is 60.8 Å². The molecular weight excluding hydrogens is 405 g/mol. The number of rotatable bonds is 8. The standard InChI is InChI=1S/C18H28INO3/c1-6-18(5,12(4)19)17(23)16(20(7-2)8-3)13-9-10-14(21)15(22)11-13/h9-12,16,21-22H,6-8H2,1-5H3. The number of carbonyl (C=O) groups is 1. The van der Waals surface area contributed by atoms with E-state index in [9.17, 15) is 15.0 Å². The van der Waals surface area contributed by atoms with E-state index in [1.54, 1.807) is 6.07 Å². The Bertz CT molecular complexity index is 543. The molecule has 0 amide bonds. The zero-order valence-corrected chi connectivity index (χ0v) is 16.8. The maximum absolute atomic E-state index is 13.4. The Morgan fingerprint density at radius 2 is 1.78 bits per heavy atom. The molecule has 0 heterocycles. The Labute approximate surface area is 153 Å². The summed E-state index contributed by atoms with van der Waals surface area (Å²) in [6, 6.07) is 4.26. The van der Waals surface area contributed by atoms with E-state index in [1.807, 2.05) is 27.7 Å². The Morgan fingerprint density at radius 3 is 2.17 bits per heavy atom. The van der Waals surface area contributed by atoms with Crippen molar-refractivity contribution >= 4 is 28.4 Å². The Hall–Kier alpha value is -0.820. The lowest BCUT2D eigenvalue weighted by Gasteiger charge is -2.38. The summed E-state index contributed by atoms with van der Waals surface area (Å²) in [5, 5.41) is 19.4. The lowest BCUT2D eigenvalue weighted by Crippen LogP contribution is -2.44. The van der Waals surface area contributed by atoms with Crippen LogP contribution in [0, 0.1) is 5.41 Å². The molecule has 2 N–H and O–H groups in total. The highest BCUT2D eigenvalue weighted by molar-refractivity contribution is 14.1. The smallest absolute Gasteiger partial charge is 0.161 e. The van der Waals surface area contributed by atoms with Gasteiger partial charge in [-0.3, -0.25) is 9.69 Å². The highest BCUT2D eigenvalue weighted by atomic mass is 127. The number of hydrogen-bond acceptors (Lipinski definition) is 4. The number of Topliss-reactive ketones (excluding diaryl/α,β-unsaturated/α-hetero) is 1. The number of phenols is 2. The zero-order valence-electron chi connectivity index (χ0n) is 14.6. The van der Waals surface area contributed by atoms with Crippen LogP contribution >= 0.6 is 22.6 Å². The van der Waals surface area contributed by atoms with E-state index in [-0.39, 0.29) is 21.2 Å². The Morgan fingerprint density at radius 1 is 1.22 bits per heavy atom. The quantitative estimate of drug-likeness (QED) is 0.365. The second kappa shape index (κ2) is 8.33. The van der Waals surface area contributed by atoms with Crippen LogP contribution in [-0.2, 0) is 4.79 Å². The molecule has 3 unspecified atom stereocenters. The number of hydrogen-bond donors (Lipinski definition) is 2. The van der Waals surface area contributed by atoms with E-state index in [0.29, 0.717) is 0 Å². The van der Waals surface area contributed by atoms with Gasteiger partial charge in [-0.25, -0.2) is 0 Å². The number of ketones is 1. The van der Waals surface area contributed by atoms with Crippen molar-refractivity contribution in [3.8, 4) is 11.5 Å². The minimum absolute atomic E-state index is 0.163. The molecular formula is C18H28INO3. The molecule has 0 radical (unpaired) electrons. The average Bonchev–Trinajstić information content (AvgIpc) is 2.53. The Balaban J connectivity index is 3.41. The molecule has 1 aromatic carbocycles. The number of aromatic hydroxyl groups is 2. The number of benzene rings is 1. The summed E-state index contributed by atoms with van der Waals surface area (Å²) < 4.78 is 0.196. The fourth-order valence-corrected chi connectivity index (χ4v) is 3.54. The van der Waals surface area contributed by atoms with Crippen molar-refractivity contribution in [2.45, 2.75) is 51.0 Å². The van der Waals surface area contributed by atoms with Gasteiger partial charge in [0.1, 0.15) is 0 Å². The summed E-state index contributed by atoms with van der Waals surface area (Å²) in [5.41, 5.74) is 0.284. The number of carbonyl (C=O) groups excluding carboxylic acids is 1. The van der Waals surface area contributed by atoms with Crippen LogP contribution < -0.4 is 0 Å². The van der Waals surface area contributed by atoms with E-state index in [2.05, 4.69) is 34.4 Å².